The minimum Gasteiger partial charge on any atom is -0.497 e. The van der Waals surface area contributed by atoms with Gasteiger partial charge in [-0.3, -0.25) is 4.79 Å². The summed E-state index contributed by atoms with van der Waals surface area (Å²) in [6, 6.07) is 9.35. The molecule has 2 heterocycles. The maximum absolute atomic E-state index is 11.9. The van der Waals surface area contributed by atoms with Crippen molar-refractivity contribution < 1.29 is 14.3 Å². The van der Waals surface area contributed by atoms with E-state index in [9.17, 15) is 4.79 Å². The molecule has 7 nitrogen and oxygen atoms in total. The van der Waals surface area contributed by atoms with E-state index < -0.39 is 0 Å². The molecular formula is C21H26N4O3. The molecule has 0 aliphatic carbocycles. The molecule has 0 atom stereocenters. The molecule has 1 saturated heterocycles. The lowest BCUT2D eigenvalue weighted by Gasteiger charge is -2.17. The zero-order chi connectivity index (χ0) is 19.8. The van der Waals surface area contributed by atoms with Gasteiger partial charge in [0, 0.05) is 25.2 Å². The average molecular weight is 382 g/mol. The maximum atomic E-state index is 11.9. The van der Waals surface area contributed by atoms with Crippen LogP contribution in [0.15, 0.2) is 36.4 Å². The highest BCUT2D eigenvalue weighted by atomic mass is 16.5. The smallest absolute Gasteiger partial charge is 0.244 e. The van der Waals surface area contributed by atoms with E-state index >= 15 is 0 Å². The molecule has 1 amide bonds. The van der Waals surface area contributed by atoms with Crippen molar-refractivity contribution in [1.82, 2.24) is 15.3 Å². The van der Waals surface area contributed by atoms with Gasteiger partial charge < -0.3 is 19.7 Å². The lowest BCUT2D eigenvalue weighted by Crippen LogP contribution is -2.26. The molecule has 148 valence electrons. The number of nitrogens with one attached hydrogen (secondary N) is 1. The number of carbonyl (C=O) groups is 1. The van der Waals surface area contributed by atoms with Crippen LogP contribution in [0, 0.1) is 6.92 Å². The van der Waals surface area contributed by atoms with Crippen molar-refractivity contribution in [3.05, 3.63) is 47.8 Å². The number of methoxy groups -OCH3 is 1. The van der Waals surface area contributed by atoms with Crippen LogP contribution in [-0.2, 0) is 4.79 Å². The van der Waals surface area contributed by atoms with Crippen molar-refractivity contribution in [2.24, 2.45) is 0 Å². The van der Waals surface area contributed by atoms with Crippen LogP contribution in [0.5, 0.6) is 11.6 Å². The molecule has 0 unspecified atom stereocenters. The second-order valence-electron chi connectivity index (χ2n) is 6.55. The lowest BCUT2D eigenvalue weighted by molar-refractivity contribution is -0.116. The Morgan fingerprint density at radius 1 is 1.21 bits per heavy atom. The molecule has 1 aliphatic rings. The Morgan fingerprint density at radius 3 is 2.68 bits per heavy atom. The number of ether oxygens (including phenoxy) is 2. The standard InChI is InChI=1S/C21H26N4O3/c1-16-23-19(25-12-3-4-13-25)15-21(24-16)28-14-11-22-20(26)10-7-17-5-8-18(27-2)9-6-17/h5-10,15H,3-4,11-14H2,1-2H3,(H,22,26)/b10-7+. The van der Waals surface area contributed by atoms with Crippen LogP contribution < -0.4 is 19.7 Å². The number of aryl methyl sites for hydroxylation is 1. The molecule has 1 aliphatic heterocycles. The predicted octanol–water partition coefficient (Wildman–Crippen LogP) is 2.60. The lowest BCUT2D eigenvalue weighted by atomic mass is 10.2. The van der Waals surface area contributed by atoms with Gasteiger partial charge in [0.15, 0.2) is 0 Å². The number of hydrogen-bond donors (Lipinski definition) is 1. The monoisotopic (exact) mass is 382 g/mol. The van der Waals surface area contributed by atoms with Gasteiger partial charge in [-0.15, -0.1) is 0 Å². The molecule has 28 heavy (non-hydrogen) atoms. The van der Waals surface area contributed by atoms with Gasteiger partial charge in [-0.05, 0) is 43.5 Å². The third-order valence-corrected chi connectivity index (χ3v) is 4.43. The molecule has 0 radical (unpaired) electrons. The summed E-state index contributed by atoms with van der Waals surface area (Å²) in [7, 11) is 1.62. The molecule has 1 aromatic heterocycles. The fraction of sp³-hybridized carbons (Fsp3) is 0.381. The SMILES string of the molecule is COc1ccc(/C=C/C(=O)NCCOc2cc(N3CCCC3)nc(C)n2)cc1. The fourth-order valence-electron chi connectivity index (χ4n) is 2.98. The minimum atomic E-state index is -0.170. The third kappa shape index (κ3) is 5.70. The third-order valence-electron chi connectivity index (χ3n) is 4.43. The molecule has 0 bridgehead atoms. The number of benzene rings is 1. The Hall–Kier alpha value is -3.09. The molecule has 3 rings (SSSR count). The van der Waals surface area contributed by atoms with Gasteiger partial charge in [0.2, 0.25) is 11.8 Å². The quantitative estimate of drug-likeness (QED) is 0.559. The first-order valence-corrected chi connectivity index (χ1v) is 9.47. The van der Waals surface area contributed by atoms with E-state index in [1.807, 2.05) is 37.3 Å². The highest BCUT2D eigenvalue weighted by Crippen LogP contribution is 2.21. The Bertz CT molecular complexity index is 815. The number of carbonyl (C=O) groups excluding carboxylic acids is 1. The molecule has 0 saturated carbocycles. The van der Waals surface area contributed by atoms with Crippen molar-refractivity contribution in [2.45, 2.75) is 19.8 Å². The fourth-order valence-corrected chi connectivity index (χ4v) is 2.98. The number of anilines is 1. The van der Waals surface area contributed by atoms with E-state index in [4.69, 9.17) is 9.47 Å². The molecule has 0 spiro atoms. The molecule has 7 heteroatoms. The summed E-state index contributed by atoms with van der Waals surface area (Å²) in [5.74, 6) is 2.75. The van der Waals surface area contributed by atoms with Crippen LogP contribution in [0.4, 0.5) is 5.82 Å². The van der Waals surface area contributed by atoms with Gasteiger partial charge in [-0.25, -0.2) is 4.98 Å². The second kappa shape index (κ2) is 9.73. The molecule has 1 N–H and O–H groups in total. The van der Waals surface area contributed by atoms with Gasteiger partial charge in [0.25, 0.3) is 0 Å². The summed E-state index contributed by atoms with van der Waals surface area (Å²) < 4.78 is 10.8. The minimum absolute atomic E-state index is 0.170. The van der Waals surface area contributed by atoms with Crippen LogP contribution >= 0.6 is 0 Å². The normalized spacial score (nSPS) is 13.7. The largest absolute Gasteiger partial charge is 0.497 e. The second-order valence-corrected chi connectivity index (χ2v) is 6.55. The number of aromatic nitrogens is 2. The van der Waals surface area contributed by atoms with Crippen molar-refractivity contribution in [2.75, 3.05) is 38.3 Å². The van der Waals surface area contributed by atoms with E-state index in [0.717, 1.165) is 30.2 Å². The predicted molar refractivity (Wildman–Crippen MR) is 109 cm³/mol. The highest BCUT2D eigenvalue weighted by Gasteiger charge is 2.15. The van der Waals surface area contributed by atoms with Gasteiger partial charge in [0.05, 0.1) is 13.7 Å². The molecule has 1 aromatic carbocycles. The van der Waals surface area contributed by atoms with Crippen molar-refractivity contribution in [1.29, 1.82) is 0 Å². The number of hydrogen-bond acceptors (Lipinski definition) is 6. The van der Waals surface area contributed by atoms with Crippen molar-refractivity contribution >= 4 is 17.8 Å². The first kappa shape index (κ1) is 19.7. The first-order valence-electron chi connectivity index (χ1n) is 9.47. The average Bonchev–Trinajstić information content (AvgIpc) is 3.25. The van der Waals surface area contributed by atoms with E-state index in [1.165, 1.54) is 18.9 Å². The zero-order valence-electron chi connectivity index (χ0n) is 16.4. The first-order chi connectivity index (χ1) is 13.6. The van der Waals surface area contributed by atoms with E-state index in [1.54, 1.807) is 13.2 Å². The molecule has 2 aromatic rings. The molecule has 1 fully saturated rings. The Morgan fingerprint density at radius 2 is 1.96 bits per heavy atom. The van der Waals surface area contributed by atoms with Crippen LogP contribution in [0.2, 0.25) is 0 Å². The van der Waals surface area contributed by atoms with Gasteiger partial charge in [0.1, 0.15) is 24.0 Å². The van der Waals surface area contributed by atoms with Crippen LogP contribution in [-0.4, -0.2) is 49.2 Å². The Kier molecular flexibility index (Phi) is 6.84. The van der Waals surface area contributed by atoms with Gasteiger partial charge >= 0.3 is 0 Å². The van der Waals surface area contributed by atoms with Crippen molar-refractivity contribution in [3.8, 4) is 11.6 Å². The van der Waals surface area contributed by atoms with E-state index in [-0.39, 0.29) is 5.91 Å². The number of rotatable bonds is 8. The highest BCUT2D eigenvalue weighted by molar-refractivity contribution is 5.91. The summed E-state index contributed by atoms with van der Waals surface area (Å²) in [6.45, 7) is 4.64. The topological polar surface area (TPSA) is 76.6 Å². The summed E-state index contributed by atoms with van der Waals surface area (Å²) in [5.41, 5.74) is 0.929. The van der Waals surface area contributed by atoms with E-state index in [2.05, 4.69) is 20.2 Å². The summed E-state index contributed by atoms with van der Waals surface area (Å²) in [6.07, 6.45) is 5.64. The van der Waals surface area contributed by atoms with Crippen LogP contribution in [0.3, 0.4) is 0 Å². The van der Waals surface area contributed by atoms with Crippen molar-refractivity contribution in [3.63, 3.8) is 0 Å². The Balaban J connectivity index is 1.43. The van der Waals surface area contributed by atoms with Gasteiger partial charge in [-0.1, -0.05) is 12.1 Å². The van der Waals surface area contributed by atoms with E-state index in [0.29, 0.717) is 24.9 Å². The van der Waals surface area contributed by atoms with Gasteiger partial charge in [-0.2, -0.15) is 4.98 Å². The van der Waals surface area contributed by atoms with Crippen LogP contribution in [0.1, 0.15) is 24.2 Å². The van der Waals surface area contributed by atoms with Crippen LogP contribution in [0.25, 0.3) is 6.08 Å². The summed E-state index contributed by atoms with van der Waals surface area (Å²) in [5, 5.41) is 2.80. The molecular weight excluding hydrogens is 356 g/mol. The number of nitrogens with zero attached hydrogens (tertiary/aromatic N) is 3. The maximum Gasteiger partial charge on any atom is 0.244 e. The zero-order valence-corrected chi connectivity index (χ0v) is 16.4. The number of amides is 1. The summed E-state index contributed by atoms with van der Waals surface area (Å²) in [4.78, 5) is 23.0. The summed E-state index contributed by atoms with van der Waals surface area (Å²) >= 11 is 0. The Labute approximate surface area is 165 Å².